The van der Waals surface area contributed by atoms with Gasteiger partial charge in [0.25, 0.3) is 11.8 Å². The summed E-state index contributed by atoms with van der Waals surface area (Å²) in [6, 6.07) is 6.66. The molecular weight excluding hydrogens is 354 g/mol. The number of anilines is 1. The normalized spacial score (nSPS) is 10.6. The van der Waals surface area contributed by atoms with Crippen molar-refractivity contribution in [1.29, 1.82) is 0 Å². The molecule has 0 aliphatic heterocycles. The van der Waals surface area contributed by atoms with Gasteiger partial charge in [-0.3, -0.25) is 9.59 Å². The Balaban J connectivity index is 1.77. The highest BCUT2D eigenvalue weighted by Crippen LogP contribution is 2.14. The number of hydrogen-bond donors (Lipinski definition) is 2. The molecule has 10 heteroatoms. The third-order valence-electron chi connectivity index (χ3n) is 3.85. The minimum Gasteiger partial charge on any atom is -0.355 e. The summed E-state index contributed by atoms with van der Waals surface area (Å²) in [5, 5.41) is 13.3. The highest BCUT2D eigenvalue weighted by molar-refractivity contribution is 6.99. The topological polar surface area (TPSA) is 115 Å². The fraction of sp³-hybridized carbons (Fsp3) is 0.250. The number of rotatable bonds is 5. The Morgan fingerprint density at radius 3 is 2.69 bits per heavy atom. The van der Waals surface area contributed by atoms with E-state index in [4.69, 9.17) is 0 Å². The minimum absolute atomic E-state index is 0.219. The molecule has 3 aromatic rings. The summed E-state index contributed by atoms with van der Waals surface area (Å²) in [5.41, 5.74) is 3.44. The Labute approximate surface area is 153 Å². The number of hydrogen-bond acceptors (Lipinski definition) is 7. The van der Waals surface area contributed by atoms with Gasteiger partial charge in [0, 0.05) is 18.3 Å². The molecule has 134 valence electrons. The summed E-state index contributed by atoms with van der Waals surface area (Å²) < 4.78 is 9.95. The molecule has 2 N–H and O–H groups in total. The number of carbonyl (C=O) groups is 2. The standard InChI is InChI=1S/C16H17N7O2S/c1-9-13(21-26-20-9)8-23-10(2)14(19-22-23)16(25)18-12-6-4-5-11(7-12)15(24)17-3/h4-7H,8H2,1-3H3,(H,17,24)(H,18,25). The van der Waals surface area contributed by atoms with Crippen LogP contribution in [0.2, 0.25) is 0 Å². The number of carbonyl (C=O) groups excluding carboxylic acids is 2. The molecule has 2 aromatic heterocycles. The molecule has 0 bridgehead atoms. The van der Waals surface area contributed by atoms with Crippen LogP contribution in [0.1, 0.15) is 37.9 Å². The average Bonchev–Trinajstić information content (AvgIpc) is 3.21. The van der Waals surface area contributed by atoms with Crippen LogP contribution < -0.4 is 10.6 Å². The van der Waals surface area contributed by atoms with Crippen molar-refractivity contribution in [2.75, 3.05) is 12.4 Å². The van der Waals surface area contributed by atoms with Crippen molar-refractivity contribution in [2.45, 2.75) is 20.4 Å². The van der Waals surface area contributed by atoms with Crippen molar-refractivity contribution in [2.24, 2.45) is 0 Å². The number of aromatic nitrogens is 5. The number of benzene rings is 1. The van der Waals surface area contributed by atoms with Crippen LogP contribution in [0, 0.1) is 13.8 Å². The second kappa shape index (κ2) is 7.40. The predicted octanol–water partition coefficient (Wildman–Crippen LogP) is 1.41. The molecular formula is C16H17N7O2S. The van der Waals surface area contributed by atoms with Gasteiger partial charge in [-0.1, -0.05) is 11.3 Å². The molecule has 0 unspecified atom stereocenters. The van der Waals surface area contributed by atoms with E-state index in [0.29, 0.717) is 23.5 Å². The molecule has 1 aromatic carbocycles. The lowest BCUT2D eigenvalue weighted by atomic mass is 10.2. The second-order valence-corrected chi connectivity index (χ2v) is 6.12. The molecule has 9 nitrogen and oxygen atoms in total. The fourth-order valence-corrected chi connectivity index (χ4v) is 2.89. The first-order valence-electron chi connectivity index (χ1n) is 7.81. The molecule has 2 heterocycles. The van der Waals surface area contributed by atoms with Gasteiger partial charge in [0.15, 0.2) is 5.69 Å². The minimum atomic E-state index is -0.393. The van der Waals surface area contributed by atoms with Gasteiger partial charge < -0.3 is 10.6 Å². The van der Waals surface area contributed by atoms with Gasteiger partial charge >= 0.3 is 0 Å². The van der Waals surface area contributed by atoms with E-state index in [9.17, 15) is 9.59 Å². The van der Waals surface area contributed by atoms with Gasteiger partial charge in [-0.05, 0) is 32.0 Å². The molecule has 0 radical (unpaired) electrons. The molecule has 0 spiro atoms. The van der Waals surface area contributed by atoms with E-state index in [2.05, 4.69) is 29.7 Å². The van der Waals surface area contributed by atoms with Crippen LogP contribution in [0.4, 0.5) is 5.69 Å². The van der Waals surface area contributed by atoms with Crippen LogP contribution in [-0.2, 0) is 6.54 Å². The van der Waals surface area contributed by atoms with Crippen molar-refractivity contribution in [1.82, 2.24) is 29.1 Å². The third kappa shape index (κ3) is 3.59. The zero-order valence-electron chi connectivity index (χ0n) is 14.5. The highest BCUT2D eigenvalue weighted by atomic mass is 32.1. The molecule has 0 fully saturated rings. The van der Waals surface area contributed by atoms with Gasteiger partial charge in [0.05, 0.1) is 35.4 Å². The Kier molecular flexibility index (Phi) is 5.03. The van der Waals surface area contributed by atoms with E-state index in [1.165, 1.54) is 0 Å². The number of nitrogens with zero attached hydrogens (tertiary/aromatic N) is 5. The maximum atomic E-state index is 12.5. The number of amides is 2. The first-order valence-corrected chi connectivity index (χ1v) is 8.54. The molecule has 26 heavy (non-hydrogen) atoms. The zero-order valence-corrected chi connectivity index (χ0v) is 15.3. The molecule has 0 aliphatic rings. The third-order valence-corrected chi connectivity index (χ3v) is 4.51. The monoisotopic (exact) mass is 371 g/mol. The summed E-state index contributed by atoms with van der Waals surface area (Å²) in [6.07, 6.45) is 0. The van der Waals surface area contributed by atoms with Crippen molar-refractivity contribution in [3.05, 3.63) is 52.6 Å². The van der Waals surface area contributed by atoms with E-state index >= 15 is 0 Å². The summed E-state index contributed by atoms with van der Waals surface area (Å²) in [6.45, 7) is 4.05. The van der Waals surface area contributed by atoms with Gasteiger partial charge in [-0.25, -0.2) is 4.68 Å². The van der Waals surface area contributed by atoms with Crippen molar-refractivity contribution in [3.8, 4) is 0 Å². The van der Waals surface area contributed by atoms with Crippen LogP contribution in [0.15, 0.2) is 24.3 Å². The van der Waals surface area contributed by atoms with Crippen LogP contribution in [0.25, 0.3) is 0 Å². The Bertz CT molecular complexity index is 963. The van der Waals surface area contributed by atoms with E-state index < -0.39 is 5.91 Å². The Morgan fingerprint density at radius 2 is 2.00 bits per heavy atom. The molecule has 2 amide bonds. The molecule has 0 saturated carbocycles. The summed E-state index contributed by atoms with van der Waals surface area (Å²) in [5.74, 6) is -0.619. The van der Waals surface area contributed by atoms with Crippen LogP contribution in [0.5, 0.6) is 0 Å². The van der Waals surface area contributed by atoms with Gasteiger partial charge in [-0.15, -0.1) is 5.10 Å². The lowest BCUT2D eigenvalue weighted by Crippen LogP contribution is -2.19. The number of nitrogens with one attached hydrogen (secondary N) is 2. The van der Waals surface area contributed by atoms with E-state index in [1.807, 2.05) is 6.92 Å². The maximum Gasteiger partial charge on any atom is 0.278 e. The first kappa shape index (κ1) is 17.7. The van der Waals surface area contributed by atoms with Crippen LogP contribution >= 0.6 is 11.7 Å². The van der Waals surface area contributed by atoms with Crippen LogP contribution in [0.3, 0.4) is 0 Å². The largest absolute Gasteiger partial charge is 0.355 e. The molecule has 0 aliphatic carbocycles. The Morgan fingerprint density at radius 1 is 1.19 bits per heavy atom. The number of aryl methyl sites for hydroxylation is 1. The van der Waals surface area contributed by atoms with Crippen molar-refractivity contribution >= 4 is 29.2 Å². The van der Waals surface area contributed by atoms with E-state index in [1.54, 1.807) is 42.9 Å². The van der Waals surface area contributed by atoms with Gasteiger partial charge in [0.2, 0.25) is 0 Å². The molecule has 0 atom stereocenters. The van der Waals surface area contributed by atoms with E-state index in [-0.39, 0.29) is 11.6 Å². The lowest BCUT2D eigenvalue weighted by Gasteiger charge is -2.06. The molecule has 0 saturated heterocycles. The SMILES string of the molecule is CNC(=O)c1cccc(NC(=O)c2nnn(Cc3nsnc3C)c2C)c1. The van der Waals surface area contributed by atoms with Crippen LogP contribution in [-0.4, -0.2) is 42.6 Å². The second-order valence-electron chi connectivity index (χ2n) is 5.59. The van der Waals surface area contributed by atoms with Crippen molar-refractivity contribution < 1.29 is 9.59 Å². The smallest absolute Gasteiger partial charge is 0.278 e. The summed E-state index contributed by atoms with van der Waals surface area (Å²) in [7, 11) is 1.55. The average molecular weight is 371 g/mol. The summed E-state index contributed by atoms with van der Waals surface area (Å²) in [4.78, 5) is 24.2. The Hall–Kier alpha value is -3.14. The van der Waals surface area contributed by atoms with Gasteiger partial charge in [-0.2, -0.15) is 8.75 Å². The lowest BCUT2D eigenvalue weighted by molar-refractivity contribution is 0.0961. The predicted molar refractivity (Wildman–Crippen MR) is 96.3 cm³/mol. The fourth-order valence-electron chi connectivity index (χ4n) is 2.33. The van der Waals surface area contributed by atoms with Crippen molar-refractivity contribution in [3.63, 3.8) is 0 Å². The van der Waals surface area contributed by atoms with Gasteiger partial charge in [0.1, 0.15) is 0 Å². The quantitative estimate of drug-likeness (QED) is 0.701. The maximum absolute atomic E-state index is 12.5. The summed E-state index contributed by atoms with van der Waals surface area (Å²) >= 11 is 1.14. The highest BCUT2D eigenvalue weighted by Gasteiger charge is 2.18. The molecule has 3 rings (SSSR count). The van der Waals surface area contributed by atoms with E-state index in [0.717, 1.165) is 23.1 Å². The first-order chi connectivity index (χ1) is 12.5. The zero-order chi connectivity index (χ0) is 18.7.